The number of carboxylic acid groups (broad SMARTS) is 1. The zero-order valence-corrected chi connectivity index (χ0v) is 6.54. The molecular formula is C7H13NO3. The molecule has 1 unspecified atom stereocenters. The van der Waals surface area contributed by atoms with Crippen LogP contribution in [-0.4, -0.2) is 23.4 Å². The van der Waals surface area contributed by atoms with Gasteiger partial charge in [-0.1, -0.05) is 6.92 Å². The minimum absolute atomic E-state index is 0.238. The van der Waals surface area contributed by atoms with Crippen LogP contribution in [0.3, 0.4) is 0 Å². The molecule has 0 amide bonds. The fourth-order valence-electron chi connectivity index (χ4n) is 0.835. The van der Waals surface area contributed by atoms with Gasteiger partial charge in [-0.3, -0.25) is 9.59 Å². The van der Waals surface area contributed by atoms with Gasteiger partial charge in [0, 0.05) is 6.42 Å². The Bertz CT molecular complexity index is 156. The average Bonchev–Trinajstić information content (AvgIpc) is 1.98. The Labute approximate surface area is 65.4 Å². The van der Waals surface area contributed by atoms with Crippen molar-refractivity contribution in [3.8, 4) is 0 Å². The molecule has 0 saturated heterocycles. The van der Waals surface area contributed by atoms with Gasteiger partial charge in [-0.25, -0.2) is 0 Å². The number of hydrogen-bond acceptors (Lipinski definition) is 3. The molecule has 1 atom stereocenters. The maximum atomic E-state index is 10.9. The summed E-state index contributed by atoms with van der Waals surface area (Å²) in [6, 6.07) is 0. The zero-order chi connectivity index (χ0) is 8.85. The molecule has 0 spiro atoms. The molecular weight excluding hydrogens is 146 g/mol. The van der Waals surface area contributed by atoms with E-state index >= 15 is 0 Å². The van der Waals surface area contributed by atoms with Crippen molar-refractivity contribution in [1.29, 1.82) is 0 Å². The molecule has 4 heteroatoms. The van der Waals surface area contributed by atoms with E-state index in [-0.39, 0.29) is 25.2 Å². The number of nitrogens with two attached hydrogens (primary N) is 1. The molecule has 0 fully saturated rings. The number of aliphatic carboxylic acids is 1. The lowest BCUT2D eigenvalue weighted by molar-refractivity contribution is -0.146. The number of hydrogen-bond donors (Lipinski definition) is 2. The predicted octanol–water partition coefficient (Wildman–Crippen LogP) is 0.0151. The van der Waals surface area contributed by atoms with Gasteiger partial charge in [0.1, 0.15) is 11.7 Å². The summed E-state index contributed by atoms with van der Waals surface area (Å²) < 4.78 is 0. The molecule has 0 aliphatic heterocycles. The summed E-state index contributed by atoms with van der Waals surface area (Å²) in [4.78, 5) is 21.3. The van der Waals surface area contributed by atoms with Crippen LogP contribution in [0.15, 0.2) is 0 Å². The van der Waals surface area contributed by atoms with E-state index in [4.69, 9.17) is 10.8 Å². The first-order chi connectivity index (χ1) is 5.13. The summed E-state index contributed by atoms with van der Waals surface area (Å²) in [5.74, 6) is -2.21. The van der Waals surface area contributed by atoms with Crippen LogP contribution in [-0.2, 0) is 9.59 Å². The number of ketones is 1. The number of carbonyl (C=O) groups excluding carboxylic acids is 1. The lowest BCUT2D eigenvalue weighted by Gasteiger charge is -2.06. The molecule has 0 aromatic heterocycles. The van der Waals surface area contributed by atoms with Gasteiger partial charge >= 0.3 is 5.97 Å². The van der Waals surface area contributed by atoms with E-state index in [1.165, 1.54) is 0 Å². The fourth-order valence-corrected chi connectivity index (χ4v) is 0.835. The van der Waals surface area contributed by atoms with E-state index in [1.54, 1.807) is 6.92 Å². The van der Waals surface area contributed by atoms with E-state index in [2.05, 4.69) is 0 Å². The summed E-state index contributed by atoms with van der Waals surface area (Å²) >= 11 is 0. The predicted molar refractivity (Wildman–Crippen MR) is 40.1 cm³/mol. The lowest BCUT2D eigenvalue weighted by atomic mass is 9.99. The van der Waals surface area contributed by atoms with Gasteiger partial charge in [-0.2, -0.15) is 0 Å². The van der Waals surface area contributed by atoms with Crippen molar-refractivity contribution in [3.63, 3.8) is 0 Å². The Morgan fingerprint density at radius 1 is 1.55 bits per heavy atom. The van der Waals surface area contributed by atoms with Crippen LogP contribution in [0, 0.1) is 5.92 Å². The Balaban J connectivity index is 4.09. The molecule has 0 aromatic rings. The number of rotatable bonds is 5. The Morgan fingerprint density at radius 2 is 2.09 bits per heavy atom. The monoisotopic (exact) mass is 159 g/mol. The van der Waals surface area contributed by atoms with Crippen molar-refractivity contribution in [2.45, 2.75) is 19.8 Å². The Kier molecular flexibility index (Phi) is 4.45. The maximum Gasteiger partial charge on any atom is 0.314 e. The van der Waals surface area contributed by atoms with E-state index in [1.807, 2.05) is 0 Å². The molecule has 4 nitrogen and oxygen atoms in total. The van der Waals surface area contributed by atoms with E-state index in [0.717, 1.165) is 0 Å². The second-order valence-corrected chi connectivity index (χ2v) is 2.29. The molecule has 0 aliphatic carbocycles. The number of carboxylic acids is 1. The third-order valence-electron chi connectivity index (χ3n) is 1.49. The lowest BCUT2D eigenvalue weighted by Crippen LogP contribution is -2.25. The average molecular weight is 159 g/mol. The van der Waals surface area contributed by atoms with Crippen LogP contribution in [0.1, 0.15) is 19.8 Å². The highest BCUT2D eigenvalue weighted by Gasteiger charge is 2.22. The van der Waals surface area contributed by atoms with Crippen molar-refractivity contribution in [3.05, 3.63) is 0 Å². The van der Waals surface area contributed by atoms with E-state index < -0.39 is 11.9 Å². The normalized spacial score (nSPS) is 12.5. The van der Waals surface area contributed by atoms with E-state index in [0.29, 0.717) is 0 Å². The zero-order valence-electron chi connectivity index (χ0n) is 6.54. The van der Waals surface area contributed by atoms with Crippen LogP contribution < -0.4 is 5.73 Å². The van der Waals surface area contributed by atoms with Gasteiger partial charge in [-0.05, 0) is 13.0 Å². The third kappa shape index (κ3) is 3.13. The fraction of sp³-hybridized carbons (Fsp3) is 0.714. The Hall–Kier alpha value is -0.900. The summed E-state index contributed by atoms with van der Waals surface area (Å²) in [5.41, 5.74) is 5.14. The van der Waals surface area contributed by atoms with Crippen molar-refractivity contribution < 1.29 is 14.7 Å². The van der Waals surface area contributed by atoms with Gasteiger partial charge in [0.15, 0.2) is 0 Å². The molecule has 64 valence electrons. The molecule has 0 rings (SSSR count). The molecule has 0 bridgehead atoms. The van der Waals surface area contributed by atoms with Gasteiger partial charge < -0.3 is 10.8 Å². The smallest absolute Gasteiger partial charge is 0.314 e. The molecule has 11 heavy (non-hydrogen) atoms. The minimum Gasteiger partial charge on any atom is -0.481 e. The standard InChI is InChI=1S/C7H13NO3/c1-2-6(9)5(3-4-8)7(10)11/h5H,2-4,8H2,1H3,(H,10,11). The second-order valence-electron chi connectivity index (χ2n) is 2.29. The first-order valence-electron chi connectivity index (χ1n) is 3.59. The first-order valence-corrected chi connectivity index (χ1v) is 3.59. The largest absolute Gasteiger partial charge is 0.481 e. The van der Waals surface area contributed by atoms with Crippen molar-refractivity contribution in [2.24, 2.45) is 11.7 Å². The topological polar surface area (TPSA) is 80.4 Å². The van der Waals surface area contributed by atoms with Gasteiger partial charge in [0.2, 0.25) is 0 Å². The minimum atomic E-state index is -1.07. The molecule has 3 N–H and O–H groups in total. The second kappa shape index (κ2) is 4.85. The summed E-state index contributed by atoms with van der Waals surface area (Å²) in [6.07, 6.45) is 0.499. The molecule has 0 radical (unpaired) electrons. The highest BCUT2D eigenvalue weighted by molar-refractivity contribution is 5.97. The van der Waals surface area contributed by atoms with Gasteiger partial charge in [0.25, 0.3) is 0 Å². The van der Waals surface area contributed by atoms with Crippen LogP contribution in [0.4, 0.5) is 0 Å². The van der Waals surface area contributed by atoms with Crippen LogP contribution in [0.2, 0.25) is 0 Å². The number of carbonyl (C=O) groups is 2. The summed E-state index contributed by atoms with van der Waals surface area (Å²) in [5, 5.41) is 8.53. The first kappa shape index (κ1) is 10.1. The third-order valence-corrected chi connectivity index (χ3v) is 1.49. The SMILES string of the molecule is CCC(=O)C(CCN)C(=O)O. The molecule has 0 heterocycles. The highest BCUT2D eigenvalue weighted by Crippen LogP contribution is 2.05. The van der Waals surface area contributed by atoms with Gasteiger partial charge in [0.05, 0.1) is 0 Å². The van der Waals surface area contributed by atoms with Crippen molar-refractivity contribution in [2.75, 3.05) is 6.54 Å². The molecule has 0 aliphatic rings. The van der Waals surface area contributed by atoms with Gasteiger partial charge in [-0.15, -0.1) is 0 Å². The number of Topliss-reactive ketones (excluding diaryl/α,β-unsaturated/α-hetero) is 1. The maximum absolute atomic E-state index is 10.9. The quantitative estimate of drug-likeness (QED) is 0.554. The van der Waals surface area contributed by atoms with E-state index in [9.17, 15) is 9.59 Å². The van der Waals surface area contributed by atoms with Crippen LogP contribution in [0.25, 0.3) is 0 Å². The van der Waals surface area contributed by atoms with Crippen molar-refractivity contribution >= 4 is 11.8 Å². The molecule has 0 aromatic carbocycles. The van der Waals surface area contributed by atoms with Crippen molar-refractivity contribution in [1.82, 2.24) is 0 Å². The Morgan fingerprint density at radius 3 is 2.36 bits per heavy atom. The van der Waals surface area contributed by atoms with Crippen LogP contribution >= 0.6 is 0 Å². The highest BCUT2D eigenvalue weighted by atomic mass is 16.4. The molecule has 0 saturated carbocycles. The summed E-state index contributed by atoms with van der Waals surface area (Å²) in [7, 11) is 0. The summed E-state index contributed by atoms with van der Waals surface area (Å²) in [6.45, 7) is 1.89. The van der Waals surface area contributed by atoms with Crippen LogP contribution in [0.5, 0.6) is 0 Å².